The highest BCUT2D eigenvalue weighted by molar-refractivity contribution is 8.00. The molecule has 5 aliphatic heterocycles. The number of aromatic amines is 1. The molecule has 768 valence electrons. The second-order valence-electron chi connectivity index (χ2n) is 37.7. The van der Waals surface area contributed by atoms with Crippen molar-refractivity contribution in [3.8, 4) is 55.6 Å². The number of anilines is 4. The Morgan fingerprint density at radius 1 is 0.417 bits per heavy atom. The molecular weight excluding hydrogens is 1930 g/mol. The molecule has 1 unspecified atom stereocenters. The van der Waals surface area contributed by atoms with Crippen molar-refractivity contribution in [2.24, 2.45) is 17.8 Å². The normalized spacial score (nSPS) is 20.7. The molecule has 5 aromatic heterocycles. The highest BCUT2D eigenvalue weighted by atomic mass is 32.2. The molecule has 0 spiro atoms. The van der Waals surface area contributed by atoms with Gasteiger partial charge in [0.2, 0.25) is 70.9 Å². The molecule has 8 fully saturated rings. The Hall–Kier alpha value is -11.8. The predicted octanol–water partition coefficient (Wildman–Crippen LogP) is 11.9. The van der Waals surface area contributed by atoms with Crippen molar-refractivity contribution in [3.05, 3.63) is 151 Å². The van der Waals surface area contributed by atoms with Gasteiger partial charge < -0.3 is 83.4 Å². The lowest BCUT2D eigenvalue weighted by molar-refractivity contribution is -0.142. The van der Waals surface area contributed by atoms with E-state index >= 15 is 0 Å². The lowest BCUT2D eigenvalue weighted by Crippen LogP contribution is -2.58. The standard InChI is InChI=1S/C31H38N6O3S.C27H38N6O3.C24H32N6O3S2.C21H26N6O3S2/c1-20(32-2)27(38)34-26(22-14-7-4-8-15-22)31(40)37-19-11-17-24(37)28(39)36-30-25(21-12-5-3-6-13-21)35-29(41-30)23-16-9-10-18-33-23;1-17-22(19-11-6-4-7-12-19)24(32-31-17)30-26(35)21-15-10-16-33(21)27(36)23(20-13-8-5-9-14-20)29-25(34)18(2)28-3;1-15(25-2)21(31)26-20(17-11-7-4-8-12-17)24(33)30-14-34-13-18(30)22(32)27-23-19(28-29-35-23)16-9-5-3-6-10-16;1-12(22-2)18(28)23-14-9-6-10-16-27(21(14)30)15(11-31-16)19(29)24-20-17(25-26-32-20)13-7-4-3-5-8-13/h3,5-6,9-10,12-13,16,18,20,22,24,26,32H,4,7-8,11,14-15,17,19H2,1-2H3,(H,34,38)(H,36,39);4,6-7,11-12,18,20-21,23,28H,5,8-10,13-16H2,1-3H3,(H,29,34)(H2,30,31,32,35);3,5-6,9-10,15,17-18,20,25H,4,7-8,11-14H2,1-2H3,(H,26,31)(H,27,32);3-5,7-8,12,14-16,22H,6,9-11H2,1-2H3,(H,23,28)(H,24,29)/t20-,24-,26-;18-,21-,23-;15-,18-,20-;12-,14?,15-,16-/m0000/s1. The highest BCUT2D eigenvalue weighted by Crippen LogP contribution is 2.43. The molecule has 13 atom stereocenters. The summed E-state index contributed by atoms with van der Waals surface area (Å²) in [5, 5.41) is 53.6. The van der Waals surface area contributed by atoms with E-state index in [1.807, 2.05) is 146 Å². The average Bonchev–Trinajstić information content (AvgIpc) is 1.65. The summed E-state index contributed by atoms with van der Waals surface area (Å²) in [4.78, 5) is 175. The maximum Gasteiger partial charge on any atom is 0.248 e. The number of aryl methyl sites for hydroxylation is 1. The fraction of sp³-hybridized carbons (Fsp3) is 0.505. The minimum absolute atomic E-state index is 0.0601. The predicted molar refractivity (Wildman–Crippen MR) is 564 cm³/mol. The zero-order valence-electron chi connectivity index (χ0n) is 83.0. The molecule has 3 aliphatic carbocycles. The number of thioether (sulfide) groups is 2. The fourth-order valence-corrected chi connectivity index (χ4v) is 24.4. The zero-order valence-corrected chi connectivity index (χ0v) is 87.1. The van der Waals surface area contributed by atoms with Gasteiger partial charge in [-0.2, -0.15) is 5.10 Å². The van der Waals surface area contributed by atoms with E-state index in [0.717, 1.165) is 184 Å². The van der Waals surface area contributed by atoms with Crippen LogP contribution >= 0.6 is 57.9 Å². The van der Waals surface area contributed by atoms with E-state index < -0.39 is 72.5 Å². The molecule has 3 saturated carbocycles. The summed E-state index contributed by atoms with van der Waals surface area (Å²) in [6, 6.07) is 37.7. The Kier molecular flexibility index (Phi) is 39.6. The number of amides is 12. The minimum Gasteiger partial charge on any atom is -0.343 e. The summed E-state index contributed by atoms with van der Waals surface area (Å²) in [7, 11) is 6.87. The molecule has 5 saturated heterocycles. The number of pyridine rings is 1. The van der Waals surface area contributed by atoms with Gasteiger partial charge in [-0.05, 0) is 182 Å². The van der Waals surface area contributed by atoms with Crippen LogP contribution in [0.1, 0.15) is 175 Å². The number of hydrogen-bond acceptors (Lipinski definition) is 28. The lowest BCUT2D eigenvalue weighted by atomic mass is 9.83. The molecule has 0 bridgehead atoms. The number of hydrogen-bond donors (Lipinski definition) is 13. The number of H-pyrrole nitrogens is 1. The van der Waals surface area contributed by atoms with Crippen LogP contribution in [0.4, 0.5) is 20.8 Å². The van der Waals surface area contributed by atoms with Gasteiger partial charge >= 0.3 is 0 Å². The summed E-state index contributed by atoms with van der Waals surface area (Å²) >= 11 is 6.77. The first-order valence-corrected chi connectivity index (χ1v) is 54.8. The third-order valence-corrected chi connectivity index (χ3v) is 32.9. The van der Waals surface area contributed by atoms with Gasteiger partial charge in [0.1, 0.15) is 85.4 Å². The van der Waals surface area contributed by atoms with Crippen molar-refractivity contribution >= 4 is 150 Å². The van der Waals surface area contributed by atoms with Gasteiger partial charge in [-0.3, -0.25) is 67.6 Å². The third kappa shape index (κ3) is 27.3. The van der Waals surface area contributed by atoms with Crippen LogP contribution in [0, 0.1) is 24.7 Å². The molecule has 17 rings (SSSR count). The van der Waals surface area contributed by atoms with Gasteiger partial charge in [-0.25, -0.2) is 4.98 Å². The number of rotatable bonds is 31. The van der Waals surface area contributed by atoms with Crippen LogP contribution in [0.5, 0.6) is 0 Å². The first kappa shape index (κ1) is 108. The number of likely N-dealkylation sites (N-methyl/N-ethyl adjacent to an activating group) is 4. The van der Waals surface area contributed by atoms with E-state index in [9.17, 15) is 57.5 Å². The van der Waals surface area contributed by atoms with E-state index in [-0.39, 0.29) is 94.0 Å². The number of carbonyl (C=O) groups is 12. The molecule has 0 radical (unpaired) electrons. The number of nitrogens with zero attached hydrogens (tertiary/aromatic N) is 11. The number of carbonyl (C=O) groups excluding carboxylic acids is 12. The van der Waals surface area contributed by atoms with Crippen molar-refractivity contribution in [3.63, 3.8) is 0 Å². The van der Waals surface area contributed by atoms with Crippen LogP contribution in [-0.4, -0.2) is 266 Å². The van der Waals surface area contributed by atoms with Crippen molar-refractivity contribution in [1.82, 2.24) is 101 Å². The Bertz CT molecular complexity index is 5810. The summed E-state index contributed by atoms with van der Waals surface area (Å²) in [5.74, 6) is -0.366. The summed E-state index contributed by atoms with van der Waals surface area (Å²) < 4.78 is 8.01. The number of fused-ring (bicyclic) bond motifs is 1. The van der Waals surface area contributed by atoms with Crippen molar-refractivity contribution < 1.29 is 57.5 Å². The quantitative estimate of drug-likeness (QED) is 0.0192. The van der Waals surface area contributed by atoms with Crippen molar-refractivity contribution in [2.45, 2.75) is 254 Å². The Labute approximate surface area is 861 Å². The van der Waals surface area contributed by atoms with Crippen LogP contribution < -0.4 is 63.8 Å². The van der Waals surface area contributed by atoms with Crippen LogP contribution in [0.2, 0.25) is 0 Å². The monoisotopic (exact) mass is 2060 g/mol. The van der Waals surface area contributed by atoms with Crippen LogP contribution in [0.15, 0.2) is 146 Å². The molecule has 41 heteroatoms. The maximum absolute atomic E-state index is 14.0. The molecule has 12 amide bonds. The molecule has 13 N–H and O–H groups in total. The van der Waals surface area contributed by atoms with Crippen LogP contribution in [0.25, 0.3) is 55.6 Å². The van der Waals surface area contributed by atoms with Crippen LogP contribution in [-0.2, 0) is 57.5 Å². The van der Waals surface area contributed by atoms with Gasteiger partial charge in [0.15, 0.2) is 5.82 Å². The Balaban J connectivity index is 0.000000153. The number of thiazole rings is 1. The number of likely N-dealkylation sites (tertiary alicyclic amines) is 2. The second kappa shape index (κ2) is 52.8. The van der Waals surface area contributed by atoms with E-state index in [0.29, 0.717) is 92.6 Å². The van der Waals surface area contributed by atoms with E-state index in [1.165, 1.54) is 11.3 Å². The van der Waals surface area contributed by atoms with Crippen LogP contribution in [0.3, 0.4) is 0 Å². The molecule has 36 nitrogen and oxygen atoms in total. The Morgan fingerprint density at radius 3 is 1.29 bits per heavy atom. The molecule has 4 aromatic carbocycles. The fourth-order valence-electron chi connectivity index (χ4n) is 19.6. The number of benzene rings is 4. The SMILES string of the molecule is CN[C@@H](C)C(=O)NC1CCC[C@@H]2SC[C@@H](C(=O)Nc3snnc3-c3ccccc3)N2C1=O.CN[C@@H](C)C(=O)N[C@H](C(=O)N1CCC[C@H]1C(=O)Nc1n[nH]c(C)c1-c1ccccc1)C1CCCCC1.CN[C@@H](C)C(=O)N[C@H](C(=O)N1CCC[C@H]1C(=O)Nc1sc(-c2ccccn2)nc1-c1ccccc1)C1CCCCC1.CN[C@@H](C)C(=O)N[C@H](C(=O)N1CSC[C@H]1C(=O)Nc1snnc1-c1ccccc1)C1CCCCC1. The summed E-state index contributed by atoms with van der Waals surface area (Å²) in [6.07, 6.45) is 21.7. The van der Waals surface area contributed by atoms with E-state index in [4.69, 9.17) is 4.98 Å². The number of aromatic nitrogens is 8. The minimum atomic E-state index is -0.633. The highest BCUT2D eigenvalue weighted by Gasteiger charge is 2.49. The second-order valence-corrected chi connectivity index (χ2v) is 42.5. The van der Waals surface area contributed by atoms with Crippen molar-refractivity contribution in [1.29, 1.82) is 0 Å². The summed E-state index contributed by atoms with van der Waals surface area (Å²) in [5.41, 5.74) is 7.90. The first-order valence-electron chi connectivity index (χ1n) is 50.3. The van der Waals surface area contributed by atoms with Gasteiger partial charge in [0, 0.05) is 81.8 Å². The van der Waals surface area contributed by atoms with E-state index in [1.54, 1.807) is 105 Å². The smallest absolute Gasteiger partial charge is 0.248 e. The molecule has 8 aliphatic rings. The van der Waals surface area contributed by atoms with Gasteiger partial charge in [0.05, 0.1) is 41.1 Å². The summed E-state index contributed by atoms with van der Waals surface area (Å²) in [6.45, 7) is 9.98. The van der Waals surface area contributed by atoms with Gasteiger partial charge in [-0.1, -0.05) is 205 Å². The molecular formula is C103H134N24O12S5. The first-order chi connectivity index (χ1) is 69.8. The largest absolute Gasteiger partial charge is 0.343 e. The maximum atomic E-state index is 14.0. The molecule has 9 aromatic rings. The van der Waals surface area contributed by atoms with E-state index in [2.05, 4.69) is 98.2 Å². The number of nitrogens with one attached hydrogen (secondary N) is 13. The molecule has 144 heavy (non-hydrogen) atoms. The zero-order chi connectivity index (χ0) is 102. The topological polar surface area (TPSA) is 468 Å². The third-order valence-electron chi connectivity index (χ3n) is 28.3. The van der Waals surface area contributed by atoms with Gasteiger partial charge in [0.25, 0.3) is 0 Å². The Morgan fingerprint density at radius 2 is 0.833 bits per heavy atom. The van der Waals surface area contributed by atoms with Crippen molar-refractivity contribution in [2.75, 3.05) is 79.9 Å². The lowest BCUT2D eigenvalue weighted by Gasteiger charge is -2.35. The average molecular weight is 2060 g/mol. The van der Waals surface area contributed by atoms with Gasteiger partial charge in [-0.15, -0.1) is 33.7 Å². The molecule has 10 heterocycles.